The highest BCUT2D eigenvalue weighted by Gasteiger charge is 2.27. The summed E-state index contributed by atoms with van der Waals surface area (Å²) >= 11 is 5.92. The van der Waals surface area contributed by atoms with Crippen molar-refractivity contribution in [2.24, 2.45) is 5.10 Å². The number of sulfonamides is 1. The molecule has 0 aliphatic heterocycles. The van der Waals surface area contributed by atoms with Crippen LogP contribution in [-0.4, -0.2) is 27.1 Å². The minimum Gasteiger partial charge on any atom is -0.271 e. The molecule has 0 saturated carbocycles. The van der Waals surface area contributed by atoms with Crippen LogP contribution in [0.2, 0.25) is 5.02 Å². The summed E-state index contributed by atoms with van der Waals surface area (Å²) in [5, 5.41) is 4.45. The lowest BCUT2D eigenvalue weighted by Crippen LogP contribution is -2.40. The van der Waals surface area contributed by atoms with Gasteiger partial charge in [-0.1, -0.05) is 60.1 Å². The molecule has 1 amide bonds. The summed E-state index contributed by atoms with van der Waals surface area (Å²) in [5.41, 5.74) is 4.23. The van der Waals surface area contributed by atoms with Gasteiger partial charge in [-0.15, -0.1) is 0 Å². The van der Waals surface area contributed by atoms with Gasteiger partial charge in [0.1, 0.15) is 6.54 Å². The molecule has 30 heavy (non-hydrogen) atoms. The summed E-state index contributed by atoms with van der Waals surface area (Å²) in [7, 11) is -3.95. The van der Waals surface area contributed by atoms with Crippen molar-refractivity contribution in [1.82, 2.24) is 5.43 Å². The number of carbonyl (C=O) groups is 1. The van der Waals surface area contributed by atoms with Gasteiger partial charge in [-0.2, -0.15) is 5.10 Å². The number of anilines is 1. The van der Waals surface area contributed by atoms with Crippen molar-refractivity contribution in [3.05, 3.63) is 95.0 Å². The van der Waals surface area contributed by atoms with E-state index in [-0.39, 0.29) is 4.90 Å². The van der Waals surface area contributed by atoms with Crippen LogP contribution in [0.3, 0.4) is 0 Å². The molecule has 154 valence electrons. The van der Waals surface area contributed by atoms with Gasteiger partial charge in [0.15, 0.2) is 0 Å². The summed E-state index contributed by atoms with van der Waals surface area (Å²) in [6.45, 7) is 1.37. The molecule has 0 spiro atoms. The lowest BCUT2D eigenvalue weighted by Gasteiger charge is -2.25. The van der Waals surface area contributed by atoms with E-state index in [0.717, 1.165) is 9.87 Å². The molecule has 0 aliphatic carbocycles. The Morgan fingerprint density at radius 2 is 1.73 bits per heavy atom. The zero-order chi connectivity index (χ0) is 21.6. The van der Waals surface area contributed by atoms with Gasteiger partial charge >= 0.3 is 0 Å². The summed E-state index contributed by atoms with van der Waals surface area (Å²) in [4.78, 5) is 12.6. The first kappa shape index (κ1) is 21.5. The SMILES string of the molecule is Cc1ccccc1N(CC(=O)NN=Cc1cccc(Cl)c1)S(=O)(=O)c1ccccc1. The largest absolute Gasteiger partial charge is 0.271 e. The van der Waals surface area contributed by atoms with E-state index < -0.39 is 22.5 Å². The van der Waals surface area contributed by atoms with Gasteiger partial charge in [0.25, 0.3) is 15.9 Å². The summed E-state index contributed by atoms with van der Waals surface area (Å²) in [5.74, 6) is -0.573. The first-order chi connectivity index (χ1) is 14.4. The van der Waals surface area contributed by atoms with E-state index in [9.17, 15) is 13.2 Å². The molecule has 3 aromatic rings. The number of para-hydroxylation sites is 1. The molecule has 0 heterocycles. The second-order valence-electron chi connectivity index (χ2n) is 6.46. The number of rotatable bonds is 7. The standard InChI is InChI=1S/C22H20ClN3O3S/c1-17-8-5-6-13-21(17)26(30(28,29)20-11-3-2-4-12-20)16-22(27)25-24-15-18-9-7-10-19(23)14-18/h2-15H,16H2,1H3,(H,25,27). The Morgan fingerprint density at radius 3 is 2.43 bits per heavy atom. The fraction of sp³-hybridized carbons (Fsp3) is 0.0909. The Labute approximate surface area is 180 Å². The molecule has 3 rings (SSSR count). The molecule has 0 radical (unpaired) electrons. The smallest absolute Gasteiger partial charge is 0.264 e. The molecule has 0 aliphatic rings. The number of amides is 1. The number of nitrogens with one attached hydrogen (secondary N) is 1. The van der Waals surface area contributed by atoms with E-state index in [1.165, 1.54) is 18.3 Å². The maximum absolute atomic E-state index is 13.2. The molecule has 0 fully saturated rings. The van der Waals surface area contributed by atoms with Crippen LogP contribution in [0.15, 0.2) is 88.9 Å². The quantitative estimate of drug-likeness (QED) is 0.444. The fourth-order valence-electron chi connectivity index (χ4n) is 2.79. The third kappa shape index (κ3) is 5.25. The summed E-state index contributed by atoms with van der Waals surface area (Å²) in [6, 6.07) is 21.9. The monoisotopic (exact) mass is 441 g/mol. The Morgan fingerprint density at radius 1 is 1.03 bits per heavy atom. The molecule has 0 saturated heterocycles. The van der Waals surface area contributed by atoms with Crippen molar-refractivity contribution in [2.45, 2.75) is 11.8 Å². The molecule has 0 aromatic heterocycles. The zero-order valence-electron chi connectivity index (χ0n) is 16.2. The van der Waals surface area contributed by atoms with E-state index in [1.54, 1.807) is 67.6 Å². The summed E-state index contributed by atoms with van der Waals surface area (Å²) < 4.78 is 27.6. The predicted molar refractivity (Wildman–Crippen MR) is 119 cm³/mol. The lowest BCUT2D eigenvalue weighted by atomic mass is 10.2. The van der Waals surface area contributed by atoms with Crippen LogP contribution in [0, 0.1) is 6.92 Å². The minimum absolute atomic E-state index is 0.100. The number of benzene rings is 3. The van der Waals surface area contributed by atoms with Crippen LogP contribution in [-0.2, 0) is 14.8 Å². The number of carbonyl (C=O) groups excluding carboxylic acids is 1. The molecule has 0 bridgehead atoms. The van der Waals surface area contributed by atoms with Crippen LogP contribution < -0.4 is 9.73 Å². The van der Waals surface area contributed by atoms with Crippen molar-refractivity contribution in [1.29, 1.82) is 0 Å². The van der Waals surface area contributed by atoms with Gasteiger partial charge in [0, 0.05) is 5.02 Å². The maximum atomic E-state index is 13.2. The molecule has 0 unspecified atom stereocenters. The van der Waals surface area contributed by atoms with Crippen molar-refractivity contribution >= 4 is 39.4 Å². The molecule has 6 nitrogen and oxygen atoms in total. The minimum atomic E-state index is -3.95. The number of hydrogen-bond donors (Lipinski definition) is 1. The first-order valence-corrected chi connectivity index (χ1v) is 10.9. The zero-order valence-corrected chi connectivity index (χ0v) is 17.8. The number of aryl methyl sites for hydroxylation is 1. The number of hydrogen-bond acceptors (Lipinski definition) is 4. The summed E-state index contributed by atoms with van der Waals surface area (Å²) in [6.07, 6.45) is 1.44. The molecule has 0 atom stereocenters. The van der Waals surface area contributed by atoms with Gasteiger partial charge in [-0.05, 0) is 48.4 Å². The highest BCUT2D eigenvalue weighted by atomic mass is 35.5. The van der Waals surface area contributed by atoms with Crippen molar-refractivity contribution in [3.63, 3.8) is 0 Å². The van der Waals surface area contributed by atoms with E-state index in [0.29, 0.717) is 16.3 Å². The van der Waals surface area contributed by atoms with Crippen LogP contribution in [0.25, 0.3) is 0 Å². The molecule has 1 N–H and O–H groups in total. The third-order valence-corrected chi connectivity index (χ3v) is 6.26. The lowest BCUT2D eigenvalue weighted by molar-refractivity contribution is -0.119. The molecule has 8 heteroatoms. The van der Waals surface area contributed by atoms with Crippen molar-refractivity contribution < 1.29 is 13.2 Å². The predicted octanol–water partition coefficient (Wildman–Crippen LogP) is 3.99. The average Bonchev–Trinajstić information content (AvgIpc) is 2.73. The molecular weight excluding hydrogens is 422 g/mol. The third-order valence-electron chi connectivity index (χ3n) is 4.25. The van der Waals surface area contributed by atoms with Gasteiger partial charge in [0.2, 0.25) is 0 Å². The van der Waals surface area contributed by atoms with Crippen LogP contribution in [0.5, 0.6) is 0 Å². The van der Waals surface area contributed by atoms with Gasteiger partial charge in [0.05, 0.1) is 16.8 Å². The van der Waals surface area contributed by atoms with Crippen molar-refractivity contribution in [2.75, 3.05) is 10.8 Å². The van der Waals surface area contributed by atoms with E-state index in [4.69, 9.17) is 11.6 Å². The van der Waals surface area contributed by atoms with E-state index >= 15 is 0 Å². The number of nitrogens with zero attached hydrogens (tertiary/aromatic N) is 2. The van der Waals surface area contributed by atoms with E-state index in [2.05, 4.69) is 10.5 Å². The van der Waals surface area contributed by atoms with Crippen molar-refractivity contribution in [3.8, 4) is 0 Å². The molecule has 3 aromatic carbocycles. The highest BCUT2D eigenvalue weighted by molar-refractivity contribution is 7.92. The molecular formula is C22H20ClN3O3S. The van der Waals surface area contributed by atoms with E-state index in [1.807, 2.05) is 6.07 Å². The van der Waals surface area contributed by atoms with Gasteiger partial charge in [-0.25, -0.2) is 13.8 Å². The van der Waals surface area contributed by atoms with Crippen LogP contribution >= 0.6 is 11.6 Å². The Hall–Kier alpha value is -3.16. The number of hydrazone groups is 1. The topological polar surface area (TPSA) is 78.8 Å². The van der Waals surface area contributed by atoms with Gasteiger partial charge < -0.3 is 0 Å². The second-order valence-corrected chi connectivity index (χ2v) is 8.76. The Balaban J connectivity index is 1.84. The Bertz CT molecular complexity index is 1170. The second kappa shape index (κ2) is 9.56. The van der Waals surface area contributed by atoms with Crippen LogP contribution in [0.4, 0.5) is 5.69 Å². The fourth-order valence-corrected chi connectivity index (χ4v) is 4.50. The highest BCUT2D eigenvalue weighted by Crippen LogP contribution is 2.26. The first-order valence-electron chi connectivity index (χ1n) is 9.09. The average molecular weight is 442 g/mol. The van der Waals surface area contributed by atoms with Gasteiger partial charge in [-0.3, -0.25) is 9.10 Å². The Kier molecular flexibility index (Phi) is 6.87. The van der Waals surface area contributed by atoms with Crippen LogP contribution in [0.1, 0.15) is 11.1 Å². The normalized spacial score (nSPS) is 11.4. The number of halogens is 1. The maximum Gasteiger partial charge on any atom is 0.264 e.